The summed E-state index contributed by atoms with van der Waals surface area (Å²) in [6, 6.07) is -0.636. The van der Waals surface area contributed by atoms with Gasteiger partial charge in [-0.05, 0) is 89.9 Å². The van der Waals surface area contributed by atoms with E-state index in [0.717, 1.165) is 57.8 Å². The Hall–Kier alpha value is -2.18. The summed E-state index contributed by atoms with van der Waals surface area (Å²) in [6.07, 6.45) is 77.2. The van der Waals surface area contributed by atoms with Crippen molar-refractivity contribution in [2.75, 3.05) is 13.2 Å². The van der Waals surface area contributed by atoms with E-state index in [4.69, 9.17) is 4.74 Å². The van der Waals surface area contributed by atoms with Gasteiger partial charge in [-0.15, -0.1) is 0 Å². The first-order valence-corrected chi connectivity index (χ1v) is 31.4. The second kappa shape index (κ2) is 60.4. The monoisotopic (exact) mass is 996 g/mol. The van der Waals surface area contributed by atoms with Crippen LogP contribution >= 0.6 is 0 Å². The maximum absolute atomic E-state index is 12.5. The fraction of sp³-hybridized carbons (Fsp3) is 0.846. The largest absolute Gasteiger partial charge is 0.466 e. The number of hydrogen-bond acceptors (Lipinski definition) is 5. The van der Waals surface area contributed by atoms with E-state index < -0.39 is 12.1 Å². The van der Waals surface area contributed by atoms with Gasteiger partial charge in [-0.25, -0.2) is 0 Å². The minimum absolute atomic E-state index is 0.00863. The van der Waals surface area contributed by atoms with Crippen LogP contribution in [-0.4, -0.2) is 47.4 Å². The van der Waals surface area contributed by atoms with Crippen LogP contribution in [0.4, 0.5) is 0 Å². The first-order chi connectivity index (χ1) is 35.0. The number of amides is 1. The third-order valence-electron chi connectivity index (χ3n) is 14.3. The molecule has 0 heterocycles. The van der Waals surface area contributed by atoms with Gasteiger partial charge in [-0.1, -0.05) is 274 Å². The number of esters is 1. The molecule has 71 heavy (non-hydrogen) atoms. The molecule has 6 heteroatoms. The fourth-order valence-electron chi connectivity index (χ4n) is 9.48. The van der Waals surface area contributed by atoms with Crippen LogP contribution < -0.4 is 5.32 Å². The molecule has 416 valence electrons. The summed E-state index contributed by atoms with van der Waals surface area (Å²) in [5, 5.41) is 23.2. The van der Waals surface area contributed by atoms with Crippen molar-refractivity contribution < 1.29 is 24.5 Å². The number of unbranched alkanes of at least 4 members (excludes halogenated alkanes) is 41. The van der Waals surface area contributed by atoms with Crippen LogP contribution in [0.15, 0.2) is 48.6 Å². The van der Waals surface area contributed by atoms with E-state index in [0.29, 0.717) is 19.4 Å². The number of carbonyl (C=O) groups excluding carboxylic acids is 2. The van der Waals surface area contributed by atoms with Crippen molar-refractivity contribution in [1.29, 1.82) is 0 Å². The molecule has 0 radical (unpaired) electrons. The molecule has 0 aromatic rings. The molecule has 6 nitrogen and oxygen atoms in total. The summed E-state index contributed by atoms with van der Waals surface area (Å²) in [5.74, 6) is -0.0839. The van der Waals surface area contributed by atoms with Crippen molar-refractivity contribution in [1.82, 2.24) is 5.32 Å². The van der Waals surface area contributed by atoms with Gasteiger partial charge in [-0.3, -0.25) is 9.59 Å². The van der Waals surface area contributed by atoms with Crippen molar-refractivity contribution in [3.63, 3.8) is 0 Å². The van der Waals surface area contributed by atoms with Gasteiger partial charge in [-0.2, -0.15) is 0 Å². The van der Waals surface area contributed by atoms with Gasteiger partial charge >= 0.3 is 5.97 Å². The topological polar surface area (TPSA) is 95.9 Å². The van der Waals surface area contributed by atoms with Gasteiger partial charge < -0.3 is 20.3 Å². The number of aliphatic hydroxyl groups excluding tert-OH is 2. The van der Waals surface area contributed by atoms with Gasteiger partial charge in [0.2, 0.25) is 5.91 Å². The molecule has 0 aliphatic rings. The zero-order valence-corrected chi connectivity index (χ0v) is 47.5. The second-order valence-corrected chi connectivity index (χ2v) is 21.4. The van der Waals surface area contributed by atoms with Crippen LogP contribution in [0.1, 0.15) is 328 Å². The van der Waals surface area contributed by atoms with Crippen molar-refractivity contribution in [3.05, 3.63) is 48.6 Å². The highest BCUT2D eigenvalue weighted by molar-refractivity contribution is 5.76. The van der Waals surface area contributed by atoms with Crippen LogP contribution in [0.3, 0.4) is 0 Å². The van der Waals surface area contributed by atoms with Crippen molar-refractivity contribution in [3.8, 4) is 0 Å². The molecule has 0 saturated heterocycles. The van der Waals surface area contributed by atoms with Crippen molar-refractivity contribution in [2.24, 2.45) is 0 Å². The molecule has 0 aliphatic heterocycles. The quantitative estimate of drug-likeness (QED) is 0.0321. The molecule has 0 rings (SSSR count). The van der Waals surface area contributed by atoms with Crippen LogP contribution in [-0.2, 0) is 14.3 Å². The van der Waals surface area contributed by atoms with E-state index in [-0.39, 0.29) is 18.5 Å². The Kier molecular flexibility index (Phi) is 58.5. The summed E-state index contributed by atoms with van der Waals surface area (Å²) in [4.78, 5) is 24.5. The van der Waals surface area contributed by atoms with Crippen LogP contribution in [0.5, 0.6) is 0 Å². The lowest BCUT2D eigenvalue weighted by atomic mass is 10.0. The highest BCUT2D eigenvalue weighted by Gasteiger charge is 2.18. The Bertz CT molecular complexity index is 1190. The Morgan fingerprint density at radius 1 is 0.394 bits per heavy atom. The number of allylic oxidation sites excluding steroid dienone is 7. The van der Waals surface area contributed by atoms with E-state index in [1.54, 1.807) is 6.08 Å². The summed E-state index contributed by atoms with van der Waals surface area (Å²) in [6.45, 7) is 4.87. The molecule has 3 N–H and O–H groups in total. The smallest absolute Gasteiger partial charge is 0.305 e. The molecule has 0 aromatic heterocycles. The zero-order valence-electron chi connectivity index (χ0n) is 47.5. The van der Waals surface area contributed by atoms with Gasteiger partial charge in [0, 0.05) is 12.8 Å². The molecule has 1 amide bonds. The fourth-order valence-corrected chi connectivity index (χ4v) is 9.48. The summed E-state index contributed by atoms with van der Waals surface area (Å²) in [7, 11) is 0. The van der Waals surface area contributed by atoms with Gasteiger partial charge in [0.1, 0.15) is 0 Å². The predicted molar refractivity (Wildman–Crippen MR) is 310 cm³/mol. The Morgan fingerprint density at radius 2 is 0.704 bits per heavy atom. The predicted octanol–water partition coefficient (Wildman–Crippen LogP) is 19.7. The summed E-state index contributed by atoms with van der Waals surface area (Å²) >= 11 is 0. The maximum Gasteiger partial charge on any atom is 0.305 e. The Balaban J connectivity index is 3.47. The van der Waals surface area contributed by atoms with E-state index in [2.05, 4.69) is 55.6 Å². The summed E-state index contributed by atoms with van der Waals surface area (Å²) in [5.41, 5.74) is 0. The maximum atomic E-state index is 12.5. The Morgan fingerprint density at radius 3 is 1.11 bits per heavy atom. The molecular formula is C65H121NO5. The number of rotatable bonds is 58. The summed E-state index contributed by atoms with van der Waals surface area (Å²) < 4.78 is 5.47. The first-order valence-electron chi connectivity index (χ1n) is 31.4. The minimum atomic E-state index is -0.852. The molecule has 0 aromatic carbocycles. The van der Waals surface area contributed by atoms with Gasteiger partial charge in [0.25, 0.3) is 0 Å². The standard InChI is InChI=1S/C65H121NO5/c1-3-5-7-9-11-13-15-17-19-20-23-26-30-33-37-41-45-49-53-57-63(68)62(61-67)66-64(69)58-54-50-46-42-38-34-31-27-24-21-22-25-28-32-36-40-44-48-52-56-60-71-65(70)59-55-51-47-43-39-35-29-18-16-14-12-10-8-6-4-2/h12,14,18,21,24,29,53,57,62-63,67-68H,3-11,13,15-17,19-20,22-23,25-28,30-52,54-56,58-61H2,1-2H3,(H,66,69)/b14-12-,24-21-,29-18-,57-53+. The molecule has 0 bridgehead atoms. The number of aliphatic hydroxyl groups is 2. The van der Waals surface area contributed by atoms with Crippen LogP contribution in [0.25, 0.3) is 0 Å². The van der Waals surface area contributed by atoms with Crippen molar-refractivity contribution in [2.45, 2.75) is 341 Å². The SMILES string of the molecule is CCCCC/C=C\C/C=C\CCCCCCCC(=O)OCCCCCCCCCCC/C=C\CCCCCCCCCC(=O)NC(CO)C(O)/C=C/CCCCCCCCCCCCCCCCCCC. The van der Waals surface area contributed by atoms with E-state index >= 15 is 0 Å². The van der Waals surface area contributed by atoms with E-state index in [1.807, 2.05) is 6.08 Å². The molecule has 2 atom stereocenters. The average molecular weight is 997 g/mol. The van der Waals surface area contributed by atoms with Gasteiger partial charge in [0.15, 0.2) is 0 Å². The third kappa shape index (κ3) is 57.0. The molecule has 0 saturated carbocycles. The normalized spacial score (nSPS) is 12.9. The van der Waals surface area contributed by atoms with Crippen molar-refractivity contribution >= 4 is 11.9 Å². The highest BCUT2D eigenvalue weighted by atomic mass is 16.5. The lowest BCUT2D eigenvalue weighted by molar-refractivity contribution is -0.143. The number of nitrogens with one attached hydrogen (secondary N) is 1. The third-order valence-corrected chi connectivity index (χ3v) is 14.3. The number of carbonyl (C=O) groups is 2. The molecule has 2 unspecified atom stereocenters. The lowest BCUT2D eigenvalue weighted by Crippen LogP contribution is -2.45. The number of hydrogen-bond donors (Lipinski definition) is 3. The molecular weight excluding hydrogens is 875 g/mol. The first kappa shape index (κ1) is 68.8. The Labute approximate surface area is 442 Å². The van der Waals surface area contributed by atoms with E-state index in [9.17, 15) is 19.8 Å². The van der Waals surface area contributed by atoms with E-state index in [1.165, 1.54) is 244 Å². The lowest BCUT2D eigenvalue weighted by Gasteiger charge is -2.20. The highest BCUT2D eigenvalue weighted by Crippen LogP contribution is 2.17. The average Bonchev–Trinajstić information content (AvgIpc) is 3.37. The zero-order chi connectivity index (χ0) is 51.4. The second-order valence-electron chi connectivity index (χ2n) is 21.4. The molecule has 0 spiro atoms. The molecule has 0 fully saturated rings. The van der Waals surface area contributed by atoms with Crippen LogP contribution in [0, 0.1) is 0 Å². The van der Waals surface area contributed by atoms with Crippen LogP contribution in [0.2, 0.25) is 0 Å². The minimum Gasteiger partial charge on any atom is -0.466 e. The number of ether oxygens (including phenoxy) is 1. The molecule has 0 aliphatic carbocycles. The van der Waals surface area contributed by atoms with Gasteiger partial charge in [0.05, 0.1) is 25.4 Å².